The smallest absolute Gasteiger partial charge is 0.258 e. The molecule has 3 rings (SSSR count). The molecule has 2 aliphatic rings. The van der Waals surface area contributed by atoms with Crippen LogP contribution in [0, 0.1) is 5.92 Å². The van der Waals surface area contributed by atoms with Crippen LogP contribution in [0.4, 0.5) is 0 Å². The zero-order chi connectivity index (χ0) is 14.8. The summed E-state index contributed by atoms with van der Waals surface area (Å²) in [5, 5.41) is 10.0. The minimum atomic E-state index is -0.0548. The van der Waals surface area contributed by atoms with Gasteiger partial charge in [0, 0.05) is 12.6 Å². The minimum Gasteiger partial charge on any atom is -0.507 e. The molecule has 0 spiro atoms. The van der Waals surface area contributed by atoms with E-state index in [1.165, 1.54) is 31.7 Å². The topological polar surface area (TPSA) is 49.8 Å². The fourth-order valence-corrected chi connectivity index (χ4v) is 3.85. The van der Waals surface area contributed by atoms with Gasteiger partial charge in [0.2, 0.25) is 0 Å². The Hall–Kier alpha value is -1.71. The summed E-state index contributed by atoms with van der Waals surface area (Å²) in [7, 11) is 1.57. The lowest BCUT2D eigenvalue weighted by molar-refractivity contribution is 0.0685. The fourth-order valence-electron chi connectivity index (χ4n) is 3.85. The van der Waals surface area contributed by atoms with Gasteiger partial charge in [-0.3, -0.25) is 4.79 Å². The van der Waals surface area contributed by atoms with Crippen molar-refractivity contribution in [3.05, 3.63) is 23.8 Å². The summed E-state index contributed by atoms with van der Waals surface area (Å²) in [4.78, 5) is 14.8. The molecule has 1 amide bonds. The summed E-state index contributed by atoms with van der Waals surface area (Å²) in [5.74, 6) is 1.23. The van der Waals surface area contributed by atoms with Crippen molar-refractivity contribution < 1.29 is 14.6 Å². The summed E-state index contributed by atoms with van der Waals surface area (Å²) < 4.78 is 5.17. The van der Waals surface area contributed by atoms with E-state index in [9.17, 15) is 9.90 Å². The number of phenolic OH excluding ortho intramolecular Hbond substituents is 1. The number of rotatable bonds is 3. The Morgan fingerprint density at radius 2 is 2.00 bits per heavy atom. The van der Waals surface area contributed by atoms with E-state index in [0.717, 1.165) is 19.4 Å². The van der Waals surface area contributed by atoms with Crippen LogP contribution >= 0.6 is 0 Å². The SMILES string of the molecule is COc1ccc(O)c(C(=O)N2CCCC2C2CCCC2)c1. The van der Waals surface area contributed by atoms with Gasteiger partial charge in [-0.05, 0) is 49.8 Å². The molecule has 1 saturated heterocycles. The first-order valence-electron chi connectivity index (χ1n) is 7.88. The molecule has 114 valence electrons. The highest BCUT2D eigenvalue weighted by molar-refractivity contribution is 5.97. The van der Waals surface area contributed by atoms with Gasteiger partial charge in [-0.25, -0.2) is 0 Å². The summed E-state index contributed by atoms with van der Waals surface area (Å²) in [6.45, 7) is 0.802. The molecule has 4 heteroatoms. The third kappa shape index (κ3) is 2.71. The number of benzene rings is 1. The minimum absolute atomic E-state index is 0.0397. The van der Waals surface area contributed by atoms with Crippen LogP contribution in [0.5, 0.6) is 11.5 Å². The molecule has 1 aromatic rings. The van der Waals surface area contributed by atoms with Crippen molar-refractivity contribution in [2.75, 3.05) is 13.7 Å². The van der Waals surface area contributed by atoms with E-state index in [1.54, 1.807) is 19.2 Å². The van der Waals surface area contributed by atoms with Crippen LogP contribution in [-0.2, 0) is 0 Å². The van der Waals surface area contributed by atoms with Crippen molar-refractivity contribution in [1.82, 2.24) is 4.90 Å². The largest absolute Gasteiger partial charge is 0.507 e. The number of methoxy groups -OCH3 is 1. The van der Waals surface area contributed by atoms with Crippen molar-refractivity contribution in [2.24, 2.45) is 5.92 Å². The Morgan fingerprint density at radius 1 is 1.24 bits per heavy atom. The first kappa shape index (κ1) is 14.2. The molecule has 1 aromatic carbocycles. The van der Waals surface area contributed by atoms with Gasteiger partial charge in [0.15, 0.2) is 0 Å². The molecule has 1 saturated carbocycles. The van der Waals surface area contributed by atoms with Crippen LogP contribution in [0.2, 0.25) is 0 Å². The molecule has 1 unspecified atom stereocenters. The predicted octanol–water partition coefficient (Wildman–Crippen LogP) is 3.20. The maximum atomic E-state index is 12.8. The second-order valence-electron chi connectivity index (χ2n) is 6.14. The molecular formula is C17H23NO3. The second-order valence-corrected chi connectivity index (χ2v) is 6.14. The second kappa shape index (κ2) is 5.96. The third-order valence-corrected chi connectivity index (χ3v) is 4.94. The number of nitrogens with zero attached hydrogens (tertiary/aromatic N) is 1. The van der Waals surface area contributed by atoms with E-state index in [-0.39, 0.29) is 11.7 Å². The Morgan fingerprint density at radius 3 is 2.71 bits per heavy atom. The van der Waals surface area contributed by atoms with E-state index in [4.69, 9.17) is 4.74 Å². The monoisotopic (exact) mass is 289 g/mol. The lowest BCUT2D eigenvalue weighted by Crippen LogP contribution is -2.39. The molecule has 1 N–H and O–H groups in total. The zero-order valence-electron chi connectivity index (χ0n) is 12.5. The van der Waals surface area contributed by atoms with Crippen molar-refractivity contribution >= 4 is 5.91 Å². The highest BCUT2D eigenvalue weighted by atomic mass is 16.5. The zero-order valence-corrected chi connectivity index (χ0v) is 12.5. The van der Waals surface area contributed by atoms with Gasteiger partial charge in [-0.2, -0.15) is 0 Å². The molecule has 0 bridgehead atoms. The number of aromatic hydroxyl groups is 1. The number of phenols is 1. The average Bonchev–Trinajstić information content (AvgIpc) is 3.17. The van der Waals surface area contributed by atoms with Crippen molar-refractivity contribution in [1.29, 1.82) is 0 Å². The summed E-state index contributed by atoms with van der Waals surface area (Å²) in [6.07, 6.45) is 7.21. The molecule has 4 nitrogen and oxygen atoms in total. The van der Waals surface area contributed by atoms with Crippen LogP contribution in [0.3, 0.4) is 0 Å². The normalized spacial score (nSPS) is 22.7. The van der Waals surface area contributed by atoms with Gasteiger partial charge < -0.3 is 14.7 Å². The maximum Gasteiger partial charge on any atom is 0.258 e. The first-order chi connectivity index (χ1) is 10.2. The Bertz CT molecular complexity index is 523. The molecular weight excluding hydrogens is 266 g/mol. The molecule has 21 heavy (non-hydrogen) atoms. The van der Waals surface area contributed by atoms with Crippen LogP contribution in [0.25, 0.3) is 0 Å². The average molecular weight is 289 g/mol. The van der Waals surface area contributed by atoms with E-state index in [0.29, 0.717) is 23.3 Å². The Kier molecular flexibility index (Phi) is 4.04. The van der Waals surface area contributed by atoms with Crippen LogP contribution < -0.4 is 4.74 Å². The molecule has 1 aliphatic carbocycles. The van der Waals surface area contributed by atoms with Crippen molar-refractivity contribution in [2.45, 2.75) is 44.6 Å². The lowest BCUT2D eigenvalue weighted by atomic mass is 9.95. The molecule has 0 radical (unpaired) electrons. The number of likely N-dealkylation sites (tertiary alicyclic amines) is 1. The molecule has 0 aromatic heterocycles. The van der Waals surface area contributed by atoms with E-state index < -0.39 is 0 Å². The molecule has 1 heterocycles. The highest BCUT2D eigenvalue weighted by Gasteiger charge is 2.36. The van der Waals surface area contributed by atoms with Gasteiger partial charge in [0.1, 0.15) is 11.5 Å². The van der Waals surface area contributed by atoms with Gasteiger partial charge in [-0.1, -0.05) is 12.8 Å². The standard InChI is InChI=1S/C17H23NO3/c1-21-13-8-9-16(19)14(11-13)17(20)18-10-4-7-15(18)12-5-2-3-6-12/h8-9,11-12,15,19H,2-7,10H2,1H3. The Labute approximate surface area is 125 Å². The number of carbonyl (C=O) groups excluding carboxylic acids is 1. The van der Waals surface area contributed by atoms with Gasteiger partial charge >= 0.3 is 0 Å². The van der Waals surface area contributed by atoms with Crippen molar-refractivity contribution in [3.63, 3.8) is 0 Å². The number of ether oxygens (including phenoxy) is 1. The Balaban J connectivity index is 1.83. The van der Waals surface area contributed by atoms with Crippen LogP contribution in [0.15, 0.2) is 18.2 Å². The first-order valence-corrected chi connectivity index (χ1v) is 7.88. The maximum absolute atomic E-state index is 12.8. The summed E-state index contributed by atoms with van der Waals surface area (Å²) >= 11 is 0. The van der Waals surface area contributed by atoms with Gasteiger partial charge in [0.05, 0.1) is 12.7 Å². The number of hydrogen-bond acceptors (Lipinski definition) is 3. The summed E-state index contributed by atoms with van der Waals surface area (Å²) in [5.41, 5.74) is 0.360. The fraction of sp³-hybridized carbons (Fsp3) is 0.588. The molecule has 1 atom stereocenters. The highest BCUT2D eigenvalue weighted by Crippen LogP contribution is 2.37. The quantitative estimate of drug-likeness (QED) is 0.929. The number of hydrogen-bond donors (Lipinski definition) is 1. The molecule has 2 fully saturated rings. The van der Waals surface area contributed by atoms with Crippen LogP contribution in [0.1, 0.15) is 48.9 Å². The van der Waals surface area contributed by atoms with E-state index >= 15 is 0 Å². The number of carbonyl (C=O) groups is 1. The number of amides is 1. The lowest BCUT2D eigenvalue weighted by Gasteiger charge is -2.29. The van der Waals surface area contributed by atoms with Gasteiger partial charge in [0.25, 0.3) is 5.91 Å². The van der Waals surface area contributed by atoms with E-state index in [1.807, 2.05) is 4.90 Å². The van der Waals surface area contributed by atoms with E-state index in [2.05, 4.69) is 0 Å². The van der Waals surface area contributed by atoms with Crippen LogP contribution in [-0.4, -0.2) is 35.6 Å². The molecule has 1 aliphatic heterocycles. The van der Waals surface area contributed by atoms with Crippen molar-refractivity contribution in [3.8, 4) is 11.5 Å². The predicted molar refractivity (Wildman–Crippen MR) is 80.7 cm³/mol. The third-order valence-electron chi connectivity index (χ3n) is 4.94. The van der Waals surface area contributed by atoms with Gasteiger partial charge in [-0.15, -0.1) is 0 Å². The summed E-state index contributed by atoms with van der Waals surface area (Å²) in [6, 6.07) is 5.20.